The Kier molecular flexibility index (Phi) is 6.32. The molecule has 0 aromatic carbocycles. The first-order valence-corrected chi connectivity index (χ1v) is 7.50. The predicted molar refractivity (Wildman–Crippen MR) is 76.7 cm³/mol. The van der Waals surface area contributed by atoms with Crippen LogP contribution in [0, 0.1) is 11.8 Å². The Hall–Kier alpha value is -1.06. The van der Waals surface area contributed by atoms with Crippen LogP contribution in [0.1, 0.15) is 53.4 Å². The number of nitrogens with one attached hydrogen (secondary N) is 1. The second-order valence-corrected chi connectivity index (χ2v) is 6.27. The van der Waals surface area contributed by atoms with Gasteiger partial charge in [-0.2, -0.15) is 0 Å². The fourth-order valence-electron chi connectivity index (χ4n) is 2.43. The zero-order valence-electron chi connectivity index (χ0n) is 12.7. The summed E-state index contributed by atoms with van der Waals surface area (Å²) in [6.45, 7) is 9.67. The molecule has 1 fully saturated rings. The van der Waals surface area contributed by atoms with Crippen LogP contribution < -0.4 is 5.32 Å². The number of hydrogen-bond acceptors (Lipinski definition) is 2. The maximum atomic E-state index is 12.5. The average Bonchev–Trinajstić information content (AvgIpc) is 2.35. The number of amides is 2. The molecular formula is C15H28N2O2. The number of carbonyl (C=O) groups excluding carboxylic acids is 2. The summed E-state index contributed by atoms with van der Waals surface area (Å²) >= 11 is 0. The van der Waals surface area contributed by atoms with E-state index in [9.17, 15) is 9.59 Å². The van der Waals surface area contributed by atoms with Gasteiger partial charge in [0.25, 0.3) is 0 Å². The van der Waals surface area contributed by atoms with Crippen LogP contribution in [0.15, 0.2) is 0 Å². The Balaban J connectivity index is 2.60. The Morgan fingerprint density at radius 3 is 2.11 bits per heavy atom. The summed E-state index contributed by atoms with van der Waals surface area (Å²) in [6, 6.07) is -0.371. The number of rotatable bonds is 5. The molecule has 1 atom stereocenters. The molecule has 0 aromatic rings. The minimum absolute atomic E-state index is 0.0148. The van der Waals surface area contributed by atoms with Crippen LogP contribution in [0.3, 0.4) is 0 Å². The highest BCUT2D eigenvalue weighted by Gasteiger charge is 2.29. The van der Waals surface area contributed by atoms with Crippen molar-refractivity contribution in [3.8, 4) is 0 Å². The van der Waals surface area contributed by atoms with Gasteiger partial charge in [-0.3, -0.25) is 9.59 Å². The zero-order chi connectivity index (χ0) is 14.4. The smallest absolute Gasteiger partial charge is 0.245 e. The van der Waals surface area contributed by atoms with Crippen LogP contribution in [0.2, 0.25) is 0 Å². The van der Waals surface area contributed by atoms with Crippen molar-refractivity contribution in [1.29, 1.82) is 0 Å². The van der Waals surface area contributed by atoms with Gasteiger partial charge in [-0.05, 0) is 31.1 Å². The van der Waals surface area contributed by atoms with Gasteiger partial charge >= 0.3 is 0 Å². The molecule has 0 aromatic heterocycles. The molecule has 1 saturated heterocycles. The molecular weight excluding hydrogens is 240 g/mol. The maximum absolute atomic E-state index is 12.5. The highest BCUT2D eigenvalue weighted by atomic mass is 16.2. The summed E-state index contributed by atoms with van der Waals surface area (Å²) in [6.07, 6.45) is 3.85. The Labute approximate surface area is 116 Å². The van der Waals surface area contributed by atoms with E-state index in [4.69, 9.17) is 0 Å². The third kappa shape index (κ3) is 5.21. The second kappa shape index (κ2) is 7.51. The van der Waals surface area contributed by atoms with E-state index in [0.717, 1.165) is 25.9 Å². The molecule has 1 N–H and O–H groups in total. The predicted octanol–water partition coefficient (Wildman–Crippen LogP) is 2.19. The molecule has 4 heteroatoms. The molecule has 1 heterocycles. The zero-order valence-corrected chi connectivity index (χ0v) is 12.7. The standard InChI is InChI=1S/C15H28N2O2/c1-11(2)10-13(18)16-14(12(3)4)15(19)17-8-6-5-7-9-17/h11-12,14H,5-10H2,1-4H3,(H,16,18)/t14-/m0/s1. The molecule has 0 aliphatic carbocycles. The highest BCUT2D eigenvalue weighted by molar-refractivity contribution is 5.88. The van der Waals surface area contributed by atoms with Crippen LogP contribution in [0.25, 0.3) is 0 Å². The normalized spacial score (nSPS) is 17.7. The lowest BCUT2D eigenvalue weighted by Crippen LogP contribution is -2.52. The van der Waals surface area contributed by atoms with Crippen molar-refractivity contribution in [2.24, 2.45) is 11.8 Å². The Bertz CT molecular complexity index is 307. The molecule has 0 spiro atoms. The summed E-state index contributed by atoms with van der Waals surface area (Å²) in [5, 5.41) is 2.91. The number of hydrogen-bond donors (Lipinski definition) is 1. The van der Waals surface area contributed by atoms with Crippen molar-refractivity contribution in [3.05, 3.63) is 0 Å². The van der Waals surface area contributed by atoms with E-state index in [-0.39, 0.29) is 23.8 Å². The largest absolute Gasteiger partial charge is 0.344 e. The van der Waals surface area contributed by atoms with E-state index in [0.29, 0.717) is 12.3 Å². The van der Waals surface area contributed by atoms with E-state index in [1.807, 2.05) is 32.6 Å². The van der Waals surface area contributed by atoms with Gasteiger partial charge in [0.15, 0.2) is 0 Å². The first-order valence-electron chi connectivity index (χ1n) is 7.50. The van der Waals surface area contributed by atoms with Crippen molar-refractivity contribution in [2.75, 3.05) is 13.1 Å². The maximum Gasteiger partial charge on any atom is 0.245 e. The number of nitrogens with zero attached hydrogens (tertiary/aromatic N) is 1. The minimum atomic E-state index is -0.371. The summed E-state index contributed by atoms with van der Waals surface area (Å²) in [4.78, 5) is 26.3. The summed E-state index contributed by atoms with van der Waals surface area (Å²) in [5.41, 5.74) is 0. The van der Waals surface area contributed by atoms with Crippen LogP contribution in [-0.2, 0) is 9.59 Å². The quantitative estimate of drug-likeness (QED) is 0.831. The van der Waals surface area contributed by atoms with Crippen molar-refractivity contribution in [2.45, 2.75) is 59.4 Å². The summed E-state index contributed by atoms with van der Waals surface area (Å²) in [5.74, 6) is 0.523. The Morgan fingerprint density at radius 1 is 1.05 bits per heavy atom. The SMILES string of the molecule is CC(C)CC(=O)N[C@H](C(=O)N1CCCCC1)C(C)C. The van der Waals surface area contributed by atoms with Gasteiger partial charge in [0.1, 0.15) is 6.04 Å². The van der Waals surface area contributed by atoms with Gasteiger partial charge in [-0.25, -0.2) is 0 Å². The summed E-state index contributed by atoms with van der Waals surface area (Å²) in [7, 11) is 0. The van der Waals surface area contributed by atoms with Gasteiger partial charge in [0.05, 0.1) is 0 Å². The monoisotopic (exact) mass is 268 g/mol. The van der Waals surface area contributed by atoms with Crippen LogP contribution in [0.5, 0.6) is 0 Å². The van der Waals surface area contributed by atoms with E-state index in [1.54, 1.807) is 0 Å². The van der Waals surface area contributed by atoms with Crippen molar-refractivity contribution < 1.29 is 9.59 Å². The lowest BCUT2D eigenvalue weighted by molar-refractivity contribution is -0.138. The fraction of sp³-hybridized carbons (Fsp3) is 0.867. The average molecular weight is 268 g/mol. The molecule has 0 saturated carbocycles. The third-order valence-electron chi connectivity index (χ3n) is 3.51. The number of carbonyl (C=O) groups is 2. The van der Waals surface area contributed by atoms with Crippen LogP contribution >= 0.6 is 0 Å². The first-order chi connectivity index (χ1) is 8.91. The molecule has 1 aliphatic heterocycles. The second-order valence-electron chi connectivity index (χ2n) is 6.27. The van der Waals surface area contributed by atoms with Gasteiger partial charge in [-0.1, -0.05) is 27.7 Å². The van der Waals surface area contributed by atoms with Crippen molar-refractivity contribution in [3.63, 3.8) is 0 Å². The van der Waals surface area contributed by atoms with Gasteiger partial charge in [-0.15, -0.1) is 0 Å². The van der Waals surface area contributed by atoms with Crippen LogP contribution in [-0.4, -0.2) is 35.8 Å². The van der Waals surface area contributed by atoms with Crippen molar-refractivity contribution in [1.82, 2.24) is 10.2 Å². The Morgan fingerprint density at radius 2 is 1.63 bits per heavy atom. The van der Waals surface area contributed by atoms with Crippen molar-refractivity contribution >= 4 is 11.8 Å². The highest BCUT2D eigenvalue weighted by Crippen LogP contribution is 2.14. The lowest BCUT2D eigenvalue weighted by atomic mass is 10.0. The van der Waals surface area contributed by atoms with E-state index >= 15 is 0 Å². The molecule has 1 aliphatic rings. The molecule has 1 rings (SSSR count). The molecule has 0 unspecified atom stereocenters. The van der Waals surface area contributed by atoms with Gasteiger partial charge in [0, 0.05) is 19.5 Å². The van der Waals surface area contributed by atoms with Gasteiger partial charge in [0.2, 0.25) is 11.8 Å². The molecule has 0 radical (unpaired) electrons. The minimum Gasteiger partial charge on any atom is -0.344 e. The lowest BCUT2D eigenvalue weighted by Gasteiger charge is -2.32. The topological polar surface area (TPSA) is 49.4 Å². The molecule has 0 bridgehead atoms. The van der Waals surface area contributed by atoms with Crippen LogP contribution in [0.4, 0.5) is 0 Å². The molecule has 19 heavy (non-hydrogen) atoms. The number of likely N-dealkylation sites (tertiary alicyclic amines) is 1. The van der Waals surface area contributed by atoms with E-state index in [2.05, 4.69) is 5.32 Å². The molecule has 2 amide bonds. The summed E-state index contributed by atoms with van der Waals surface area (Å²) < 4.78 is 0. The first kappa shape index (κ1) is 16.0. The number of piperidine rings is 1. The van der Waals surface area contributed by atoms with Gasteiger partial charge < -0.3 is 10.2 Å². The fourth-order valence-corrected chi connectivity index (χ4v) is 2.43. The molecule has 110 valence electrons. The van der Waals surface area contributed by atoms with E-state index < -0.39 is 0 Å². The molecule has 4 nitrogen and oxygen atoms in total. The van der Waals surface area contributed by atoms with E-state index in [1.165, 1.54) is 6.42 Å². The third-order valence-corrected chi connectivity index (χ3v) is 3.51.